The summed E-state index contributed by atoms with van der Waals surface area (Å²) in [5.74, 6) is 1.35. The number of nitro benzene ring substituents is 1. The summed E-state index contributed by atoms with van der Waals surface area (Å²) >= 11 is 3.32. The molecule has 0 saturated heterocycles. The molecule has 0 unspecified atom stereocenters. The minimum atomic E-state index is -0.387. The molecule has 0 atom stereocenters. The molecule has 0 aliphatic carbocycles. The average molecular weight is 487 g/mol. The summed E-state index contributed by atoms with van der Waals surface area (Å²) in [5.41, 5.74) is 3.93. The van der Waals surface area contributed by atoms with Crippen LogP contribution in [0.4, 0.5) is 17.1 Å². The van der Waals surface area contributed by atoms with Gasteiger partial charge in [-0.05, 0) is 24.3 Å². The molecule has 3 heterocycles. The minimum absolute atomic E-state index is 0.0558. The SMILES string of the molecule is O=[N+]([O-])c1cccc(C2=Nn3c(CCN4c5ccccc5Sc5ccccc54)nnc3SC2)c1. The molecule has 0 radical (unpaired) electrons. The van der Waals surface area contributed by atoms with E-state index in [-0.39, 0.29) is 10.6 Å². The first-order chi connectivity index (χ1) is 16.7. The van der Waals surface area contributed by atoms with Gasteiger partial charge < -0.3 is 4.90 Å². The first-order valence-corrected chi connectivity index (χ1v) is 12.5. The van der Waals surface area contributed by atoms with Gasteiger partial charge in [-0.1, -0.05) is 59.9 Å². The first-order valence-electron chi connectivity index (χ1n) is 10.7. The number of rotatable bonds is 5. The zero-order valence-electron chi connectivity index (χ0n) is 17.9. The van der Waals surface area contributed by atoms with Crippen molar-refractivity contribution in [2.75, 3.05) is 17.2 Å². The molecule has 0 spiro atoms. The molecule has 2 aliphatic rings. The Bertz CT molecular complexity index is 1410. The van der Waals surface area contributed by atoms with Gasteiger partial charge in [0.2, 0.25) is 5.16 Å². The van der Waals surface area contributed by atoms with E-state index in [1.165, 1.54) is 39.0 Å². The molecule has 2 aliphatic heterocycles. The first kappa shape index (κ1) is 20.9. The summed E-state index contributed by atoms with van der Waals surface area (Å²) in [5, 5.41) is 25.4. The van der Waals surface area contributed by atoms with E-state index >= 15 is 0 Å². The highest BCUT2D eigenvalue weighted by Gasteiger charge is 2.25. The van der Waals surface area contributed by atoms with Gasteiger partial charge in [-0.2, -0.15) is 9.78 Å². The van der Waals surface area contributed by atoms with Crippen LogP contribution in [0.2, 0.25) is 0 Å². The molecule has 6 rings (SSSR count). The Labute approximate surface area is 203 Å². The summed E-state index contributed by atoms with van der Waals surface area (Å²) in [6.45, 7) is 0.721. The molecule has 168 valence electrons. The van der Waals surface area contributed by atoms with Crippen molar-refractivity contribution in [2.24, 2.45) is 5.10 Å². The Hall–Kier alpha value is -3.63. The molecule has 3 aromatic carbocycles. The number of nitrogens with zero attached hydrogens (tertiary/aromatic N) is 6. The Kier molecular flexibility index (Phi) is 5.31. The summed E-state index contributed by atoms with van der Waals surface area (Å²) in [7, 11) is 0. The summed E-state index contributed by atoms with van der Waals surface area (Å²) in [6, 6.07) is 23.4. The zero-order chi connectivity index (χ0) is 23.1. The molecule has 0 amide bonds. The van der Waals surface area contributed by atoms with Gasteiger partial charge in [0.1, 0.15) is 0 Å². The van der Waals surface area contributed by atoms with E-state index < -0.39 is 0 Å². The predicted octanol–water partition coefficient (Wildman–Crippen LogP) is 5.39. The number of thioether (sulfide) groups is 1. The molecule has 34 heavy (non-hydrogen) atoms. The Morgan fingerprint density at radius 3 is 2.41 bits per heavy atom. The topological polar surface area (TPSA) is 89.5 Å². The number of non-ortho nitro benzene ring substituents is 1. The molecule has 0 fully saturated rings. The van der Waals surface area contributed by atoms with E-state index in [9.17, 15) is 10.1 Å². The highest BCUT2D eigenvalue weighted by molar-refractivity contribution is 8.00. The lowest BCUT2D eigenvalue weighted by atomic mass is 10.1. The Morgan fingerprint density at radius 1 is 0.941 bits per heavy atom. The fourth-order valence-electron chi connectivity index (χ4n) is 4.10. The van der Waals surface area contributed by atoms with E-state index in [0.717, 1.165) is 28.8 Å². The second-order valence-electron chi connectivity index (χ2n) is 7.79. The fraction of sp³-hybridized carbons (Fsp3) is 0.125. The van der Waals surface area contributed by atoms with Gasteiger partial charge in [-0.15, -0.1) is 10.2 Å². The fourth-order valence-corrected chi connectivity index (χ4v) is 6.05. The lowest BCUT2D eigenvalue weighted by molar-refractivity contribution is -0.384. The van der Waals surface area contributed by atoms with Crippen LogP contribution in [0.5, 0.6) is 0 Å². The zero-order valence-corrected chi connectivity index (χ0v) is 19.5. The third-order valence-electron chi connectivity index (χ3n) is 5.72. The Morgan fingerprint density at radius 2 is 1.68 bits per heavy atom. The highest BCUT2D eigenvalue weighted by Crippen LogP contribution is 2.47. The number of fused-ring (bicyclic) bond motifs is 3. The normalized spacial score (nSPS) is 14.1. The smallest absolute Gasteiger partial charge is 0.270 e. The van der Waals surface area contributed by atoms with Crippen molar-refractivity contribution in [1.29, 1.82) is 0 Å². The van der Waals surface area contributed by atoms with Crippen molar-refractivity contribution >= 4 is 46.3 Å². The van der Waals surface area contributed by atoms with E-state index in [2.05, 4.69) is 63.6 Å². The lowest BCUT2D eigenvalue weighted by Gasteiger charge is -2.32. The van der Waals surface area contributed by atoms with Gasteiger partial charge >= 0.3 is 0 Å². The van der Waals surface area contributed by atoms with Crippen molar-refractivity contribution in [1.82, 2.24) is 14.9 Å². The summed E-state index contributed by atoms with van der Waals surface area (Å²) < 4.78 is 1.78. The second-order valence-corrected chi connectivity index (χ2v) is 9.82. The van der Waals surface area contributed by atoms with Crippen LogP contribution in [0.15, 0.2) is 92.8 Å². The van der Waals surface area contributed by atoms with E-state index in [1.54, 1.807) is 28.6 Å². The van der Waals surface area contributed by atoms with Crippen molar-refractivity contribution in [3.05, 3.63) is 94.3 Å². The van der Waals surface area contributed by atoms with Crippen LogP contribution < -0.4 is 4.90 Å². The van der Waals surface area contributed by atoms with Crippen LogP contribution in [0.1, 0.15) is 11.4 Å². The third kappa shape index (κ3) is 3.74. The molecule has 8 nitrogen and oxygen atoms in total. The number of benzene rings is 3. The quantitative estimate of drug-likeness (QED) is 0.276. The van der Waals surface area contributed by atoms with Crippen LogP contribution >= 0.6 is 23.5 Å². The third-order valence-corrected chi connectivity index (χ3v) is 7.78. The van der Waals surface area contributed by atoms with Gasteiger partial charge in [0.05, 0.1) is 22.0 Å². The average Bonchev–Trinajstić information content (AvgIpc) is 3.29. The number of anilines is 2. The summed E-state index contributed by atoms with van der Waals surface area (Å²) in [4.78, 5) is 15.6. The monoisotopic (exact) mass is 486 g/mol. The lowest BCUT2D eigenvalue weighted by Crippen LogP contribution is -2.24. The van der Waals surface area contributed by atoms with E-state index in [0.29, 0.717) is 12.2 Å². The maximum atomic E-state index is 11.2. The highest BCUT2D eigenvalue weighted by atomic mass is 32.2. The van der Waals surface area contributed by atoms with Gasteiger partial charge in [-0.25, -0.2) is 0 Å². The largest absolute Gasteiger partial charge is 0.339 e. The van der Waals surface area contributed by atoms with Gasteiger partial charge in [0, 0.05) is 46.2 Å². The maximum absolute atomic E-state index is 11.2. The number of nitro groups is 1. The number of aromatic nitrogens is 3. The molecular weight excluding hydrogens is 468 g/mol. The van der Waals surface area contributed by atoms with Crippen LogP contribution in [0.3, 0.4) is 0 Å². The number of para-hydroxylation sites is 2. The van der Waals surface area contributed by atoms with E-state index in [4.69, 9.17) is 5.10 Å². The Balaban J connectivity index is 1.30. The van der Waals surface area contributed by atoms with Crippen LogP contribution in [0.25, 0.3) is 0 Å². The van der Waals surface area contributed by atoms with Crippen molar-refractivity contribution in [3.63, 3.8) is 0 Å². The molecule has 1 aromatic heterocycles. The van der Waals surface area contributed by atoms with Gasteiger partial charge in [0.25, 0.3) is 5.69 Å². The summed E-state index contributed by atoms with van der Waals surface area (Å²) in [6.07, 6.45) is 0.645. The van der Waals surface area contributed by atoms with Crippen LogP contribution in [0, 0.1) is 10.1 Å². The molecule has 0 N–H and O–H groups in total. The van der Waals surface area contributed by atoms with Crippen molar-refractivity contribution in [2.45, 2.75) is 21.4 Å². The van der Waals surface area contributed by atoms with Crippen molar-refractivity contribution < 1.29 is 4.92 Å². The van der Waals surface area contributed by atoms with Crippen LogP contribution in [-0.2, 0) is 6.42 Å². The van der Waals surface area contributed by atoms with Crippen molar-refractivity contribution in [3.8, 4) is 0 Å². The van der Waals surface area contributed by atoms with Gasteiger partial charge in [0.15, 0.2) is 5.82 Å². The number of hydrogen-bond donors (Lipinski definition) is 0. The van der Waals surface area contributed by atoms with E-state index in [1.807, 2.05) is 6.07 Å². The molecule has 0 saturated carbocycles. The molecule has 10 heteroatoms. The molecule has 4 aromatic rings. The standard InChI is InChI=1S/C24H18N6O2S2/c31-30(32)17-7-5-6-16(14-17)18-15-33-24-26-25-23(29(24)27-18)12-13-28-19-8-1-3-10-21(19)34-22-11-4-2-9-20(22)28/h1-11,14H,12-13,15H2. The van der Waals surface area contributed by atoms with Gasteiger partial charge in [-0.3, -0.25) is 10.1 Å². The number of hydrogen-bond acceptors (Lipinski definition) is 8. The second kappa shape index (κ2) is 8.62. The molecule has 0 bridgehead atoms. The van der Waals surface area contributed by atoms with Crippen LogP contribution in [-0.4, -0.2) is 37.8 Å². The molecular formula is C24H18N6O2S2. The minimum Gasteiger partial charge on any atom is -0.339 e. The maximum Gasteiger partial charge on any atom is 0.270 e. The predicted molar refractivity (Wildman–Crippen MR) is 133 cm³/mol.